The number of nitrogens with zero attached hydrogens (tertiary/aromatic N) is 1. The molecule has 3 aromatic carbocycles. The molecule has 1 N–H and O–H groups in total. The predicted octanol–water partition coefficient (Wildman–Crippen LogP) is 7.58. The Morgan fingerprint density at radius 2 is 1.87 bits per heavy atom. The summed E-state index contributed by atoms with van der Waals surface area (Å²) in [5.74, 6) is 0.111. The van der Waals surface area contributed by atoms with Gasteiger partial charge in [0.05, 0.1) is 27.4 Å². The maximum absolute atomic E-state index is 12.4. The van der Waals surface area contributed by atoms with Crippen LogP contribution in [0.4, 0.5) is 5.69 Å². The molecule has 4 nitrogen and oxygen atoms in total. The molecule has 0 unspecified atom stereocenters. The van der Waals surface area contributed by atoms with Gasteiger partial charge in [-0.3, -0.25) is 4.79 Å². The van der Waals surface area contributed by atoms with Gasteiger partial charge in [0.1, 0.15) is 10.8 Å². The van der Waals surface area contributed by atoms with E-state index in [1.165, 1.54) is 13.2 Å². The zero-order valence-electron chi connectivity index (χ0n) is 16.2. The highest BCUT2D eigenvalue weighted by Gasteiger charge is 2.11. The molecule has 0 radical (unpaired) electrons. The van der Waals surface area contributed by atoms with E-state index in [-0.39, 0.29) is 5.91 Å². The molecule has 1 amide bonds. The minimum Gasteiger partial charge on any atom is -0.495 e. The molecule has 4 aromatic rings. The number of rotatable bonds is 5. The van der Waals surface area contributed by atoms with E-state index in [0.29, 0.717) is 32.1 Å². The lowest BCUT2D eigenvalue weighted by molar-refractivity contribution is -0.111. The lowest BCUT2D eigenvalue weighted by Gasteiger charge is -2.08. The number of aromatic nitrogens is 1. The predicted molar refractivity (Wildman–Crippen MR) is 131 cm³/mol. The summed E-state index contributed by atoms with van der Waals surface area (Å²) in [6.07, 6.45) is 2.96. The Morgan fingerprint density at radius 1 is 1.06 bits per heavy atom. The Labute approximate surface area is 198 Å². The molecule has 0 aliphatic heterocycles. The van der Waals surface area contributed by atoms with Crippen molar-refractivity contribution >= 4 is 74.0 Å². The number of anilines is 1. The van der Waals surface area contributed by atoms with Gasteiger partial charge in [0, 0.05) is 27.9 Å². The Balaban J connectivity index is 1.52. The number of hydrogen-bond acceptors (Lipinski definition) is 4. The summed E-state index contributed by atoms with van der Waals surface area (Å²) in [5.41, 5.74) is 2.91. The number of amides is 1. The van der Waals surface area contributed by atoms with Crippen LogP contribution in [0, 0.1) is 0 Å². The van der Waals surface area contributed by atoms with Gasteiger partial charge in [-0.15, -0.1) is 11.3 Å². The number of carbonyl (C=O) groups is 1. The fraction of sp³-hybridized carbons (Fsp3) is 0.0435. The first kappa shape index (κ1) is 21.7. The highest BCUT2D eigenvalue weighted by Crippen LogP contribution is 2.36. The number of ether oxygens (including phenoxy) is 1. The fourth-order valence-corrected chi connectivity index (χ4v) is 4.94. The third-order valence-electron chi connectivity index (χ3n) is 4.42. The van der Waals surface area contributed by atoms with Crippen molar-refractivity contribution in [2.75, 3.05) is 12.4 Å². The number of carbonyl (C=O) groups excluding carboxylic acids is 1. The average Bonchev–Trinajstić information content (AvgIpc) is 3.16. The fourth-order valence-electron chi connectivity index (χ4n) is 3.02. The third kappa shape index (κ3) is 4.86. The van der Waals surface area contributed by atoms with Crippen LogP contribution in [0.1, 0.15) is 5.56 Å². The molecule has 0 atom stereocenters. The quantitative estimate of drug-likeness (QED) is 0.294. The Hall–Kier alpha value is -2.57. The molecule has 0 saturated heterocycles. The van der Waals surface area contributed by atoms with Crippen molar-refractivity contribution in [3.63, 3.8) is 0 Å². The summed E-state index contributed by atoms with van der Waals surface area (Å²) in [5, 5.41) is 4.94. The van der Waals surface area contributed by atoms with Crippen molar-refractivity contribution in [1.82, 2.24) is 4.98 Å². The van der Waals surface area contributed by atoms with Crippen LogP contribution in [-0.2, 0) is 4.79 Å². The van der Waals surface area contributed by atoms with Crippen LogP contribution in [-0.4, -0.2) is 18.0 Å². The highest BCUT2D eigenvalue weighted by atomic mass is 35.5. The van der Waals surface area contributed by atoms with Crippen LogP contribution in [0.15, 0.2) is 60.7 Å². The third-order valence-corrected chi connectivity index (χ3v) is 6.30. The van der Waals surface area contributed by atoms with Gasteiger partial charge < -0.3 is 10.1 Å². The van der Waals surface area contributed by atoms with E-state index < -0.39 is 0 Å². The minimum atomic E-state index is -0.332. The molecule has 0 fully saturated rings. The maximum atomic E-state index is 12.4. The van der Waals surface area contributed by atoms with E-state index in [9.17, 15) is 4.79 Å². The molecule has 0 aliphatic carbocycles. The van der Waals surface area contributed by atoms with Gasteiger partial charge >= 0.3 is 0 Å². The first-order valence-electron chi connectivity index (χ1n) is 9.12. The van der Waals surface area contributed by atoms with Crippen LogP contribution in [0.25, 0.3) is 26.9 Å². The molecular formula is C23H15Cl3N2O2S. The van der Waals surface area contributed by atoms with Crippen LogP contribution in [0.5, 0.6) is 5.75 Å². The average molecular weight is 490 g/mol. The number of hydrogen-bond donors (Lipinski definition) is 1. The largest absolute Gasteiger partial charge is 0.495 e. The molecular weight excluding hydrogens is 475 g/mol. The minimum absolute atomic E-state index is 0.332. The van der Waals surface area contributed by atoms with E-state index >= 15 is 0 Å². The summed E-state index contributed by atoms with van der Waals surface area (Å²) in [6.45, 7) is 0. The molecule has 31 heavy (non-hydrogen) atoms. The first-order valence-corrected chi connectivity index (χ1v) is 11.1. The monoisotopic (exact) mass is 488 g/mol. The van der Waals surface area contributed by atoms with Crippen LogP contribution in [0.3, 0.4) is 0 Å². The standard InChI is InChI=1S/C23H15Cl3N2O2S/c1-30-22-13(10-14(24)11-18(22)26)6-9-21(29)27-15-7-8-16(17(25)12-15)23-28-19-4-2-3-5-20(19)31-23/h2-12H,1H3,(H,27,29)/b9-6+. The molecule has 0 bridgehead atoms. The molecule has 0 saturated carbocycles. The van der Waals surface area contributed by atoms with Gasteiger partial charge in [-0.25, -0.2) is 4.98 Å². The SMILES string of the molecule is COc1c(Cl)cc(Cl)cc1/C=C/C(=O)Nc1ccc(-c2nc3ccccc3s2)c(Cl)c1. The second kappa shape index (κ2) is 9.28. The van der Waals surface area contributed by atoms with Crippen molar-refractivity contribution in [2.45, 2.75) is 0 Å². The summed E-state index contributed by atoms with van der Waals surface area (Å²) in [4.78, 5) is 17.0. The van der Waals surface area contributed by atoms with Crippen LogP contribution < -0.4 is 10.1 Å². The second-order valence-electron chi connectivity index (χ2n) is 6.51. The Bertz CT molecular complexity index is 1280. The summed E-state index contributed by atoms with van der Waals surface area (Å²) in [6, 6.07) is 16.5. The van der Waals surface area contributed by atoms with Crippen molar-refractivity contribution in [3.05, 3.63) is 81.3 Å². The highest BCUT2D eigenvalue weighted by molar-refractivity contribution is 7.21. The molecule has 8 heteroatoms. The second-order valence-corrected chi connectivity index (χ2v) is 8.80. The van der Waals surface area contributed by atoms with E-state index in [4.69, 9.17) is 39.5 Å². The normalized spacial score (nSPS) is 11.2. The van der Waals surface area contributed by atoms with Crippen LogP contribution in [0.2, 0.25) is 15.1 Å². The van der Waals surface area contributed by atoms with Gasteiger partial charge in [0.25, 0.3) is 0 Å². The molecule has 156 valence electrons. The number of thiazole rings is 1. The first-order chi connectivity index (χ1) is 14.9. The van der Waals surface area contributed by atoms with Gasteiger partial charge in [-0.2, -0.15) is 0 Å². The number of methoxy groups -OCH3 is 1. The number of halogens is 3. The lowest BCUT2D eigenvalue weighted by Crippen LogP contribution is -2.07. The Morgan fingerprint density at radius 3 is 2.61 bits per heavy atom. The maximum Gasteiger partial charge on any atom is 0.248 e. The van der Waals surface area contributed by atoms with Gasteiger partial charge in [-0.1, -0.05) is 46.9 Å². The number of nitrogens with one attached hydrogen (secondary N) is 1. The summed E-state index contributed by atoms with van der Waals surface area (Å²) >= 11 is 20.2. The smallest absolute Gasteiger partial charge is 0.248 e. The van der Waals surface area contributed by atoms with Crippen molar-refractivity contribution < 1.29 is 9.53 Å². The molecule has 4 rings (SSSR count). The van der Waals surface area contributed by atoms with Crippen molar-refractivity contribution in [3.8, 4) is 16.3 Å². The van der Waals surface area contributed by atoms with E-state index in [0.717, 1.165) is 20.8 Å². The number of fused-ring (bicyclic) bond motifs is 1. The van der Waals surface area contributed by atoms with Crippen molar-refractivity contribution in [1.29, 1.82) is 0 Å². The lowest BCUT2D eigenvalue weighted by atomic mass is 10.1. The summed E-state index contributed by atoms with van der Waals surface area (Å²) in [7, 11) is 1.50. The zero-order chi connectivity index (χ0) is 22.0. The number of benzene rings is 3. The van der Waals surface area contributed by atoms with E-state index in [1.54, 1.807) is 41.7 Å². The van der Waals surface area contributed by atoms with Crippen LogP contribution >= 0.6 is 46.1 Å². The zero-order valence-corrected chi connectivity index (χ0v) is 19.2. The van der Waals surface area contributed by atoms with E-state index in [1.807, 2.05) is 30.3 Å². The molecule has 1 aromatic heterocycles. The van der Waals surface area contributed by atoms with Gasteiger partial charge in [0.15, 0.2) is 0 Å². The Kier molecular flexibility index (Phi) is 6.49. The topological polar surface area (TPSA) is 51.2 Å². The molecule has 0 spiro atoms. The summed E-state index contributed by atoms with van der Waals surface area (Å²) < 4.78 is 6.37. The molecule has 0 aliphatic rings. The van der Waals surface area contributed by atoms with E-state index in [2.05, 4.69) is 10.3 Å². The van der Waals surface area contributed by atoms with Gasteiger partial charge in [-0.05, 0) is 48.5 Å². The molecule has 1 heterocycles. The van der Waals surface area contributed by atoms with Gasteiger partial charge in [0.2, 0.25) is 5.91 Å². The number of para-hydroxylation sites is 1. The van der Waals surface area contributed by atoms with Crippen molar-refractivity contribution in [2.24, 2.45) is 0 Å².